The zero-order valence-corrected chi connectivity index (χ0v) is 15.2. The lowest BCUT2D eigenvalue weighted by atomic mass is 10.0. The van der Waals surface area contributed by atoms with Gasteiger partial charge in [0.15, 0.2) is 0 Å². The Hall–Kier alpha value is -1.04. The predicted octanol–water partition coefficient (Wildman–Crippen LogP) is 4.86. The summed E-state index contributed by atoms with van der Waals surface area (Å²) in [6.07, 6.45) is 2.40. The van der Waals surface area contributed by atoms with Crippen molar-refractivity contribution in [2.75, 3.05) is 20.8 Å². The predicted molar refractivity (Wildman–Crippen MR) is 94.0 cm³/mol. The highest BCUT2D eigenvalue weighted by atomic mass is 79.9. The Morgan fingerprint density at radius 1 is 1.27 bits per heavy atom. The van der Waals surface area contributed by atoms with Crippen LogP contribution >= 0.6 is 27.3 Å². The Bertz CT molecular complexity index is 643. The fourth-order valence-corrected chi connectivity index (χ4v) is 4.59. The van der Waals surface area contributed by atoms with Gasteiger partial charge in [0.05, 0.1) is 14.2 Å². The van der Waals surface area contributed by atoms with Crippen molar-refractivity contribution in [3.05, 3.63) is 44.6 Å². The van der Waals surface area contributed by atoms with Gasteiger partial charge in [0, 0.05) is 33.6 Å². The molecule has 118 valence electrons. The van der Waals surface area contributed by atoms with Crippen molar-refractivity contribution in [1.29, 1.82) is 0 Å². The maximum Gasteiger partial charge on any atom is 0.127 e. The summed E-state index contributed by atoms with van der Waals surface area (Å²) in [4.78, 5) is 3.93. The van der Waals surface area contributed by atoms with Crippen LogP contribution in [0, 0.1) is 0 Å². The number of hydrogen-bond donors (Lipinski definition) is 0. The molecule has 3 rings (SSSR count). The molecule has 22 heavy (non-hydrogen) atoms. The van der Waals surface area contributed by atoms with Gasteiger partial charge in [0.2, 0.25) is 0 Å². The van der Waals surface area contributed by atoms with Crippen molar-refractivity contribution in [3.63, 3.8) is 0 Å². The lowest BCUT2D eigenvalue weighted by molar-refractivity contribution is 0.244. The molecule has 0 N–H and O–H groups in total. The maximum absolute atomic E-state index is 5.59. The Morgan fingerprint density at radius 3 is 2.82 bits per heavy atom. The minimum atomic E-state index is 0.412. The minimum absolute atomic E-state index is 0.412. The van der Waals surface area contributed by atoms with Crippen LogP contribution in [0.3, 0.4) is 0 Å². The van der Waals surface area contributed by atoms with Gasteiger partial charge in [0.1, 0.15) is 11.5 Å². The van der Waals surface area contributed by atoms with Crippen LogP contribution in [-0.2, 0) is 6.54 Å². The normalized spacial score (nSPS) is 18.6. The van der Waals surface area contributed by atoms with E-state index in [1.54, 1.807) is 14.2 Å². The fourth-order valence-electron chi connectivity index (χ4n) is 3.08. The van der Waals surface area contributed by atoms with Crippen LogP contribution in [-0.4, -0.2) is 25.7 Å². The number of halogens is 1. The van der Waals surface area contributed by atoms with Gasteiger partial charge in [-0.1, -0.05) is 6.07 Å². The van der Waals surface area contributed by atoms with Crippen molar-refractivity contribution >= 4 is 27.3 Å². The van der Waals surface area contributed by atoms with E-state index in [2.05, 4.69) is 38.3 Å². The van der Waals surface area contributed by atoms with Crippen molar-refractivity contribution < 1.29 is 9.47 Å². The Morgan fingerprint density at radius 2 is 2.14 bits per heavy atom. The first-order valence-corrected chi connectivity index (χ1v) is 9.08. The molecule has 1 aromatic carbocycles. The first kappa shape index (κ1) is 15.8. The summed E-state index contributed by atoms with van der Waals surface area (Å²) in [6, 6.07) is 8.68. The summed E-state index contributed by atoms with van der Waals surface area (Å²) in [5.74, 6) is 1.76. The van der Waals surface area contributed by atoms with Crippen LogP contribution in [0.4, 0.5) is 0 Å². The molecule has 3 nitrogen and oxygen atoms in total. The number of ether oxygens (including phenoxy) is 2. The third kappa shape index (κ3) is 3.16. The van der Waals surface area contributed by atoms with Crippen LogP contribution in [0.1, 0.15) is 29.3 Å². The van der Waals surface area contributed by atoms with E-state index in [0.717, 1.165) is 24.6 Å². The molecule has 1 atom stereocenters. The number of nitrogens with zero attached hydrogens (tertiary/aromatic N) is 1. The fraction of sp³-hybridized carbons (Fsp3) is 0.412. The Balaban J connectivity index is 1.85. The molecule has 0 radical (unpaired) electrons. The molecular formula is C17H20BrNO2S. The molecule has 5 heteroatoms. The molecular weight excluding hydrogens is 362 g/mol. The zero-order valence-electron chi connectivity index (χ0n) is 12.8. The molecule has 1 aliphatic heterocycles. The number of thiophene rings is 1. The van der Waals surface area contributed by atoms with Crippen molar-refractivity contribution in [2.24, 2.45) is 0 Å². The Labute approximate surface area is 144 Å². The molecule has 1 aliphatic rings. The minimum Gasteiger partial charge on any atom is -0.497 e. The van der Waals surface area contributed by atoms with Crippen LogP contribution in [0.25, 0.3) is 0 Å². The highest BCUT2D eigenvalue weighted by Crippen LogP contribution is 2.40. The number of rotatable bonds is 5. The van der Waals surface area contributed by atoms with E-state index in [1.807, 2.05) is 23.5 Å². The largest absolute Gasteiger partial charge is 0.497 e. The third-order valence-corrected chi connectivity index (χ3v) is 6.11. The highest BCUT2D eigenvalue weighted by Gasteiger charge is 2.29. The number of benzene rings is 1. The quantitative estimate of drug-likeness (QED) is 0.737. The average Bonchev–Trinajstić information content (AvgIpc) is 3.16. The number of hydrogen-bond acceptors (Lipinski definition) is 4. The van der Waals surface area contributed by atoms with Crippen molar-refractivity contribution in [3.8, 4) is 11.5 Å². The second-order valence-electron chi connectivity index (χ2n) is 5.43. The van der Waals surface area contributed by atoms with Gasteiger partial charge in [-0.25, -0.2) is 0 Å². The van der Waals surface area contributed by atoms with Gasteiger partial charge in [-0.15, -0.1) is 11.3 Å². The lowest BCUT2D eigenvalue weighted by Crippen LogP contribution is -2.22. The zero-order chi connectivity index (χ0) is 15.5. The molecule has 0 aliphatic carbocycles. The molecule has 1 unspecified atom stereocenters. The lowest BCUT2D eigenvalue weighted by Gasteiger charge is -2.26. The first-order chi connectivity index (χ1) is 10.7. The van der Waals surface area contributed by atoms with Gasteiger partial charge in [-0.2, -0.15) is 0 Å². The molecule has 2 aromatic rings. The molecule has 2 heterocycles. The smallest absolute Gasteiger partial charge is 0.127 e. The van der Waals surface area contributed by atoms with Crippen LogP contribution in [0.15, 0.2) is 34.1 Å². The first-order valence-electron chi connectivity index (χ1n) is 7.40. The molecule has 1 saturated heterocycles. The SMILES string of the molecule is COc1ccc(C2CCCN2Cc2sccc2Br)c(OC)c1. The summed E-state index contributed by atoms with van der Waals surface area (Å²) >= 11 is 5.45. The summed E-state index contributed by atoms with van der Waals surface area (Å²) in [5.41, 5.74) is 1.26. The molecule has 1 fully saturated rings. The maximum atomic E-state index is 5.59. The number of methoxy groups -OCH3 is 2. The van der Waals surface area contributed by atoms with Gasteiger partial charge in [0.25, 0.3) is 0 Å². The summed E-state index contributed by atoms with van der Waals surface area (Å²) < 4.78 is 12.1. The van der Waals surface area contributed by atoms with E-state index < -0.39 is 0 Å². The monoisotopic (exact) mass is 381 g/mol. The van der Waals surface area contributed by atoms with Gasteiger partial charge in [-0.3, -0.25) is 4.90 Å². The van der Waals surface area contributed by atoms with E-state index >= 15 is 0 Å². The second kappa shape index (κ2) is 7.02. The molecule has 0 amide bonds. The highest BCUT2D eigenvalue weighted by molar-refractivity contribution is 9.10. The standard InChI is InChI=1S/C17H20BrNO2S/c1-20-12-5-6-13(16(10-12)21-2)15-4-3-8-19(15)11-17-14(18)7-9-22-17/h5-7,9-10,15H,3-4,8,11H2,1-2H3. The van der Waals surface area contributed by atoms with E-state index in [-0.39, 0.29) is 0 Å². The molecule has 0 spiro atoms. The molecule has 1 aromatic heterocycles. The second-order valence-corrected chi connectivity index (χ2v) is 7.28. The topological polar surface area (TPSA) is 21.7 Å². The van der Waals surface area contributed by atoms with Crippen molar-refractivity contribution in [2.45, 2.75) is 25.4 Å². The van der Waals surface area contributed by atoms with Gasteiger partial charge in [-0.05, 0) is 52.8 Å². The average molecular weight is 382 g/mol. The van der Waals surface area contributed by atoms with E-state index in [4.69, 9.17) is 9.47 Å². The summed E-state index contributed by atoms with van der Waals surface area (Å²) in [6.45, 7) is 2.11. The van der Waals surface area contributed by atoms with Crippen LogP contribution in [0.5, 0.6) is 11.5 Å². The van der Waals surface area contributed by atoms with Gasteiger partial charge >= 0.3 is 0 Å². The molecule has 0 bridgehead atoms. The summed E-state index contributed by atoms with van der Waals surface area (Å²) in [5, 5.41) is 2.14. The van der Waals surface area contributed by atoms with Crippen LogP contribution in [0.2, 0.25) is 0 Å². The van der Waals surface area contributed by atoms with Gasteiger partial charge < -0.3 is 9.47 Å². The van der Waals surface area contributed by atoms with E-state index in [9.17, 15) is 0 Å². The summed E-state index contributed by atoms with van der Waals surface area (Å²) in [7, 11) is 3.41. The van der Waals surface area contributed by atoms with E-state index in [0.29, 0.717) is 6.04 Å². The third-order valence-electron chi connectivity index (χ3n) is 4.20. The van der Waals surface area contributed by atoms with E-state index in [1.165, 1.54) is 27.8 Å². The Kier molecular flexibility index (Phi) is 5.06. The number of likely N-dealkylation sites (tertiary alicyclic amines) is 1. The van der Waals surface area contributed by atoms with Crippen LogP contribution < -0.4 is 9.47 Å². The molecule has 0 saturated carbocycles. The van der Waals surface area contributed by atoms with Crippen molar-refractivity contribution in [1.82, 2.24) is 4.90 Å².